The Morgan fingerprint density at radius 1 is 1.42 bits per heavy atom. The Kier molecular flexibility index (Phi) is 3.44. The molecule has 6 heteroatoms. The summed E-state index contributed by atoms with van der Waals surface area (Å²) >= 11 is 3.47. The van der Waals surface area contributed by atoms with Crippen LogP contribution in [0.1, 0.15) is 5.82 Å². The molecule has 3 aromatic rings. The van der Waals surface area contributed by atoms with E-state index in [1.807, 2.05) is 37.6 Å². The van der Waals surface area contributed by atoms with Crippen LogP contribution in [-0.2, 0) is 13.5 Å². The monoisotopic (exact) mass is 290 g/mol. The van der Waals surface area contributed by atoms with E-state index in [1.54, 1.807) is 23.1 Å². The maximum Gasteiger partial charge on any atom is 0.151 e. The van der Waals surface area contributed by atoms with E-state index in [0.717, 1.165) is 38.2 Å². The SMILES string of the molecule is Cn1ccnc1CCSc1nc2ccc(N)cc2s1. The third kappa shape index (κ3) is 2.74. The molecule has 98 valence electrons. The number of benzene rings is 1. The van der Waals surface area contributed by atoms with Crippen LogP contribution in [0.25, 0.3) is 10.2 Å². The second-order valence-corrected chi connectivity index (χ2v) is 6.63. The number of nitrogen functional groups attached to an aromatic ring is 1. The van der Waals surface area contributed by atoms with Gasteiger partial charge < -0.3 is 10.3 Å². The molecule has 3 rings (SSSR count). The van der Waals surface area contributed by atoms with Gasteiger partial charge in [-0.15, -0.1) is 11.3 Å². The van der Waals surface area contributed by atoms with Crippen LogP contribution >= 0.6 is 23.1 Å². The van der Waals surface area contributed by atoms with Crippen LogP contribution in [0.4, 0.5) is 5.69 Å². The molecule has 0 spiro atoms. The van der Waals surface area contributed by atoms with Crippen molar-refractivity contribution >= 4 is 39.0 Å². The van der Waals surface area contributed by atoms with Crippen LogP contribution in [0.2, 0.25) is 0 Å². The number of thioether (sulfide) groups is 1. The number of imidazole rings is 1. The summed E-state index contributed by atoms with van der Waals surface area (Å²) in [5.41, 5.74) is 7.59. The molecule has 0 atom stereocenters. The second kappa shape index (κ2) is 5.22. The number of nitrogens with two attached hydrogens (primary N) is 1. The number of hydrogen-bond acceptors (Lipinski definition) is 5. The number of aryl methyl sites for hydroxylation is 2. The zero-order valence-electron chi connectivity index (χ0n) is 10.5. The smallest absolute Gasteiger partial charge is 0.151 e. The average molecular weight is 290 g/mol. The first-order chi connectivity index (χ1) is 9.22. The minimum atomic E-state index is 0.792. The van der Waals surface area contributed by atoms with E-state index in [4.69, 9.17) is 5.73 Å². The van der Waals surface area contributed by atoms with E-state index in [2.05, 4.69) is 14.5 Å². The standard InChI is InChI=1S/C13H14N4S2/c1-17-6-5-15-12(17)4-7-18-13-16-10-3-2-9(14)8-11(10)19-13/h2-3,5-6,8H,4,7,14H2,1H3. The van der Waals surface area contributed by atoms with Crippen LogP contribution < -0.4 is 5.73 Å². The highest BCUT2D eigenvalue weighted by Crippen LogP contribution is 2.30. The molecule has 0 radical (unpaired) electrons. The maximum atomic E-state index is 5.78. The number of rotatable bonds is 4. The van der Waals surface area contributed by atoms with E-state index in [0.29, 0.717) is 0 Å². The summed E-state index contributed by atoms with van der Waals surface area (Å²) < 4.78 is 4.30. The van der Waals surface area contributed by atoms with Crippen molar-refractivity contribution in [2.75, 3.05) is 11.5 Å². The van der Waals surface area contributed by atoms with Gasteiger partial charge in [-0.3, -0.25) is 0 Å². The first-order valence-corrected chi connectivity index (χ1v) is 7.77. The van der Waals surface area contributed by atoms with Gasteiger partial charge in [-0.25, -0.2) is 9.97 Å². The zero-order valence-corrected chi connectivity index (χ0v) is 12.2. The average Bonchev–Trinajstić information content (AvgIpc) is 2.95. The van der Waals surface area contributed by atoms with E-state index in [-0.39, 0.29) is 0 Å². The van der Waals surface area contributed by atoms with Gasteiger partial charge in [0.25, 0.3) is 0 Å². The van der Waals surface area contributed by atoms with Crippen molar-refractivity contribution < 1.29 is 0 Å². The molecule has 2 aromatic heterocycles. The lowest BCUT2D eigenvalue weighted by Gasteiger charge is -1.99. The summed E-state index contributed by atoms with van der Waals surface area (Å²) in [6.45, 7) is 0. The normalized spacial score (nSPS) is 11.2. The fourth-order valence-corrected chi connectivity index (χ4v) is 3.97. The van der Waals surface area contributed by atoms with E-state index in [1.165, 1.54) is 0 Å². The van der Waals surface area contributed by atoms with Gasteiger partial charge in [-0.1, -0.05) is 11.8 Å². The van der Waals surface area contributed by atoms with Crippen molar-refractivity contribution in [1.82, 2.24) is 14.5 Å². The Hall–Kier alpha value is -1.53. The third-order valence-electron chi connectivity index (χ3n) is 2.87. The lowest BCUT2D eigenvalue weighted by atomic mass is 10.3. The number of nitrogens with zero attached hydrogens (tertiary/aromatic N) is 3. The van der Waals surface area contributed by atoms with Crippen molar-refractivity contribution in [2.24, 2.45) is 7.05 Å². The number of fused-ring (bicyclic) bond motifs is 1. The Morgan fingerprint density at radius 3 is 3.11 bits per heavy atom. The van der Waals surface area contributed by atoms with E-state index < -0.39 is 0 Å². The van der Waals surface area contributed by atoms with Crippen molar-refractivity contribution in [3.63, 3.8) is 0 Å². The summed E-state index contributed by atoms with van der Waals surface area (Å²) in [6, 6.07) is 5.85. The number of anilines is 1. The molecule has 0 saturated heterocycles. The molecule has 0 aliphatic rings. The second-order valence-electron chi connectivity index (χ2n) is 4.26. The van der Waals surface area contributed by atoms with Crippen LogP contribution in [0, 0.1) is 0 Å². The van der Waals surface area contributed by atoms with Crippen molar-refractivity contribution in [3.05, 3.63) is 36.4 Å². The first-order valence-electron chi connectivity index (χ1n) is 5.97. The predicted octanol–water partition coefficient (Wildman–Crippen LogP) is 2.95. The Balaban J connectivity index is 1.67. The minimum Gasteiger partial charge on any atom is -0.399 e. The van der Waals surface area contributed by atoms with Gasteiger partial charge in [-0.2, -0.15) is 0 Å². The molecule has 2 N–H and O–H groups in total. The Bertz CT molecular complexity index is 702. The molecule has 0 unspecified atom stereocenters. The topological polar surface area (TPSA) is 56.7 Å². The summed E-state index contributed by atoms with van der Waals surface area (Å²) in [5, 5.41) is 0. The molecule has 0 bridgehead atoms. The van der Waals surface area contributed by atoms with Gasteiger partial charge in [0.15, 0.2) is 4.34 Å². The Labute approximate surface area is 119 Å². The molecule has 2 heterocycles. The Morgan fingerprint density at radius 2 is 2.32 bits per heavy atom. The number of hydrogen-bond donors (Lipinski definition) is 1. The quantitative estimate of drug-likeness (QED) is 0.593. The van der Waals surface area contributed by atoms with Crippen molar-refractivity contribution in [2.45, 2.75) is 10.8 Å². The molecule has 0 amide bonds. The highest BCUT2D eigenvalue weighted by Gasteiger charge is 2.06. The molecule has 0 fully saturated rings. The van der Waals surface area contributed by atoms with Gasteiger partial charge in [0.1, 0.15) is 5.82 Å². The summed E-state index contributed by atoms with van der Waals surface area (Å²) in [7, 11) is 2.02. The van der Waals surface area contributed by atoms with Crippen LogP contribution in [-0.4, -0.2) is 20.3 Å². The number of thiazole rings is 1. The molecule has 0 aliphatic carbocycles. The van der Waals surface area contributed by atoms with Crippen LogP contribution in [0.15, 0.2) is 34.9 Å². The molecular formula is C13H14N4S2. The van der Waals surface area contributed by atoms with E-state index in [9.17, 15) is 0 Å². The molecule has 19 heavy (non-hydrogen) atoms. The summed E-state index contributed by atoms with van der Waals surface area (Å²) in [6.07, 6.45) is 4.76. The first kappa shape index (κ1) is 12.5. The third-order valence-corrected chi connectivity index (χ3v) is 5.03. The highest BCUT2D eigenvalue weighted by molar-refractivity contribution is 8.01. The van der Waals surface area contributed by atoms with Gasteiger partial charge in [0.05, 0.1) is 10.2 Å². The van der Waals surface area contributed by atoms with Crippen molar-refractivity contribution in [1.29, 1.82) is 0 Å². The summed E-state index contributed by atoms with van der Waals surface area (Å²) in [4.78, 5) is 8.91. The largest absolute Gasteiger partial charge is 0.399 e. The minimum absolute atomic E-state index is 0.792. The van der Waals surface area contributed by atoms with Crippen molar-refractivity contribution in [3.8, 4) is 0 Å². The van der Waals surface area contributed by atoms with Gasteiger partial charge >= 0.3 is 0 Å². The molecule has 0 saturated carbocycles. The lowest BCUT2D eigenvalue weighted by molar-refractivity contribution is 0.811. The van der Waals surface area contributed by atoms with Crippen LogP contribution in [0.5, 0.6) is 0 Å². The van der Waals surface area contributed by atoms with Gasteiger partial charge in [0, 0.05) is 37.3 Å². The summed E-state index contributed by atoms with van der Waals surface area (Å²) in [5.74, 6) is 2.10. The number of aromatic nitrogens is 3. The van der Waals surface area contributed by atoms with Gasteiger partial charge in [0.2, 0.25) is 0 Å². The fraction of sp³-hybridized carbons (Fsp3) is 0.231. The molecule has 0 aliphatic heterocycles. The predicted molar refractivity (Wildman–Crippen MR) is 81.7 cm³/mol. The molecular weight excluding hydrogens is 276 g/mol. The fourth-order valence-electron chi connectivity index (χ4n) is 1.85. The molecule has 4 nitrogen and oxygen atoms in total. The maximum absolute atomic E-state index is 5.78. The van der Waals surface area contributed by atoms with Crippen LogP contribution in [0.3, 0.4) is 0 Å². The highest BCUT2D eigenvalue weighted by atomic mass is 32.2. The van der Waals surface area contributed by atoms with Gasteiger partial charge in [-0.05, 0) is 18.2 Å². The van der Waals surface area contributed by atoms with E-state index >= 15 is 0 Å². The lowest BCUT2D eigenvalue weighted by Crippen LogP contribution is -1.98. The zero-order chi connectivity index (χ0) is 13.2. The molecule has 1 aromatic carbocycles.